The average molecular weight is 262 g/mol. The van der Waals surface area contributed by atoms with Crippen LogP contribution in [0.1, 0.15) is 12.8 Å². The zero-order valence-electron chi connectivity index (χ0n) is 9.43. The number of hydrogen-bond acceptors (Lipinski definition) is 3. The van der Waals surface area contributed by atoms with Crippen LogP contribution in [0.25, 0.3) is 0 Å². The SMILES string of the molecule is Cl.OC(CNC1CC1)COc1ccc(F)cc1. The second kappa shape index (κ2) is 6.79. The van der Waals surface area contributed by atoms with Gasteiger partial charge in [0.15, 0.2) is 0 Å². The highest BCUT2D eigenvalue weighted by atomic mass is 35.5. The van der Waals surface area contributed by atoms with Crippen molar-refractivity contribution in [3.8, 4) is 5.75 Å². The minimum Gasteiger partial charge on any atom is -0.491 e. The lowest BCUT2D eigenvalue weighted by molar-refractivity contribution is 0.106. The smallest absolute Gasteiger partial charge is 0.123 e. The minimum absolute atomic E-state index is 0. The van der Waals surface area contributed by atoms with Crippen molar-refractivity contribution >= 4 is 12.4 Å². The molecule has 17 heavy (non-hydrogen) atoms. The van der Waals surface area contributed by atoms with Crippen LogP contribution in [0.5, 0.6) is 5.75 Å². The summed E-state index contributed by atoms with van der Waals surface area (Å²) in [5.74, 6) is 0.287. The van der Waals surface area contributed by atoms with Gasteiger partial charge in [-0.3, -0.25) is 0 Å². The van der Waals surface area contributed by atoms with Crippen molar-refractivity contribution < 1.29 is 14.2 Å². The molecule has 1 saturated carbocycles. The van der Waals surface area contributed by atoms with E-state index in [0.717, 1.165) is 0 Å². The maximum Gasteiger partial charge on any atom is 0.123 e. The predicted octanol–water partition coefficient (Wildman–Crippen LogP) is 1.74. The summed E-state index contributed by atoms with van der Waals surface area (Å²) in [6.45, 7) is 0.775. The molecule has 1 unspecified atom stereocenters. The molecule has 0 radical (unpaired) electrons. The van der Waals surface area contributed by atoms with Crippen LogP contribution in [0, 0.1) is 5.82 Å². The van der Waals surface area contributed by atoms with E-state index in [1.165, 1.54) is 25.0 Å². The van der Waals surface area contributed by atoms with Gasteiger partial charge in [0.2, 0.25) is 0 Å². The summed E-state index contributed by atoms with van der Waals surface area (Å²) in [5, 5.41) is 12.8. The van der Waals surface area contributed by atoms with Crippen molar-refractivity contribution in [2.45, 2.75) is 25.0 Å². The summed E-state index contributed by atoms with van der Waals surface area (Å²) in [5.41, 5.74) is 0. The molecule has 1 aliphatic carbocycles. The summed E-state index contributed by atoms with van der Waals surface area (Å²) in [6.07, 6.45) is 1.88. The van der Waals surface area contributed by atoms with Crippen molar-refractivity contribution in [1.82, 2.24) is 5.32 Å². The molecular formula is C12H17ClFNO2. The van der Waals surface area contributed by atoms with Gasteiger partial charge in [-0.1, -0.05) is 0 Å². The van der Waals surface area contributed by atoms with Crippen molar-refractivity contribution in [3.63, 3.8) is 0 Å². The Morgan fingerprint density at radius 1 is 1.35 bits per heavy atom. The van der Waals surface area contributed by atoms with Crippen molar-refractivity contribution in [2.24, 2.45) is 0 Å². The van der Waals surface area contributed by atoms with E-state index in [1.807, 2.05) is 0 Å². The van der Waals surface area contributed by atoms with Gasteiger partial charge < -0.3 is 15.2 Å². The van der Waals surface area contributed by atoms with Gasteiger partial charge in [0.25, 0.3) is 0 Å². The van der Waals surface area contributed by atoms with Gasteiger partial charge in [-0.2, -0.15) is 0 Å². The molecule has 0 spiro atoms. The van der Waals surface area contributed by atoms with Gasteiger partial charge in [0.05, 0.1) is 0 Å². The van der Waals surface area contributed by atoms with Gasteiger partial charge in [0.1, 0.15) is 24.3 Å². The normalized spacial score (nSPS) is 16.1. The average Bonchev–Trinajstić information content (AvgIpc) is 3.09. The molecule has 5 heteroatoms. The van der Waals surface area contributed by atoms with Crippen LogP contribution < -0.4 is 10.1 Å². The van der Waals surface area contributed by atoms with Crippen LogP contribution in [-0.4, -0.2) is 30.4 Å². The first-order chi connectivity index (χ1) is 7.74. The van der Waals surface area contributed by atoms with E-state index in [-0.39, 0.29) is 24.8 Å². The lowest BCUT2D eigenvalue weighted by Crippen LogP contribution is -2.32. The zero-order valence-corrected chi connectivity index (χ0v) is 10.3. The highest BCUT2D eigenvalue weighted by Gasteiger charge is 2.21. The Morgan fingerprint density at radius 2 is 2.00 bits per heavy atom. The number of ether oxygens (including phenoxy) is 1. The molecular weight excluding hydrogens is 245 g/mol. The molecule has 0 bridgehead atoms. The monoisotopic (exact) mass is 261 g/mol. The molecule has 0 aliphatic heterocycles. The molecule has 3 nitrogen and oxygen atoms in total. The molecule has 1 aliphatic rings. The molecule has 96 valence electrons. The third-order valence-electron chi connectivity index (χ3n) is 2.48. The third-order valence-corrected chi connectivity index (χ3v) is 2.48. The van der Waals surface area contributed by atoms with Crippen molar-refractivity contribution in [2.75, 3.05) is 13.2 Å². The Morgan fingerprint density at radius 3 is 2.59 bits per heavy atom. The van der Waals surface area contributed by atoms with E-state index in [2.05, 4.69) is 5.32 Å². The second-order valence-corrected chi connectivity index (χ2v) is 4.10. The van der Waals surface area contributed by atoms with Gasteiger partial charge in [0, 0.05) is 12.6 Å². The standard InChI is InChI=1S/C12H16FNO2.ClH/c13-9-1-5-12(6-2-9)16-8-11(15)7-14-10-3-4-10;/h1-2,5-6,10-11,14-15H,3-4,7-8H2;1H. The summed E-state index contributed by atoms with van der Waals surface area (Å²) in [7, 11) is 0. The van der Waals surface area contributed by atoms with E-state index in [1.54, 1.807) is 12.1 Å². The van der Waals surface area contributed by atoms with Crippen LogP contribution in [0.3, 0.4) is 0 Å². The topological polar surface area (TPSA) is 41.5 Å². The number of aliphatic hydroxyl groups is 1. The molecule has 0 heterocycles. The van der Waals surface area contributed by atoms with Gasteiger partial charge in [-0.15, -0.1) is 12.4 Å². The first kappa shape index (κ1) is 14.2. The van der Waals surface area contributed by atoms with E-state index in [4.69, 9.17) is 4.74 Å². The molecule has 0 aromatic heterocycles. The van der Waals surface area contributed by atoms with E-state index in [9.17, 15) is 9.50 Å². The fourth-order valence-corrected chi connectivity index (χ4v) is 1.37. The lowest BCUT2D eigenvalue weighted by Gasteiger charge is -2.12. The largest absolute Gasteiger partial charge is 0.491 e. The Kier molecular flexibility index (Phi) is 5.68. The maximum atomic E-state index is 12.6. The summed E-state index contributed by atoms with van der Waals surface area (Å²) in [6, 6.07) is 6.36. The highest BCUT2D eigenvalue weighted by Crippen LogP contribution is 2.18. The fraction of sp³-hybridized carbons (Fsp3) is 0.500. The van der Waals surface area contributed by atoms with Gasteiger partial charge >= 0.3 is 0 Å². The number of nitrogens with one attached hydrogen (secondary N) is 1. The zero-order chi connectivity index (χ0) is 11.4. The number of hydrogen-bond donors (Lipinski definition) is 2. The van der Waals surface area contributed by atoms with E-state index < -0.39 is 6.10 Å². The minimum atomic E-state index is -0.523. The summed E-state index contributed by atoms with van der Waals surface area (Å²) >= 11 is 0. The number of rotatable bonds is 6. The Hall–Kier alpha value is -0.840. The molecule has 1 aromatic carbocycles. The molecule has 2 rings (SSSR count). The van der Waals surface area contributed by atoms with E-state index >= 15 is 0 Å². The van der Waals surface area contributed by atoms with Crippen LogP contribution in [-0.2, 0) is 0 Å². The summed E-state index contributed by atoms with van der Waals surface area (Å²) < 4.78 is 17.9. The maximum absolute atomic E-state index is 12.6. The fourth-order valence-electron chi connectivity index (χ4n) is 1.37. The molecule has 1 aromatic rings. The first-order valence-corrected chi connectivity index (χ1v) is 5.54. The van der Waals surface area contributed by atoms with Gasteiger partial charge in [-0.25, -0.2) is 4.39 Å². The van der Waals surface area contributed by atoms with Crippen LogP contribution in [0.4, 0.5) is 4.39 Å². The molecule has 0 saturated heterocycles. The summed E-state index contributed by atoms with van der Waals surface area (Å²) in [4.78, 5) is 0. The molecule has 0 amide bonds. The van der Waals surface area contributed by atoms with Crippen LogP contribution >= 0.6 is 12.4 Å². The molecule has 2 N–H and O–H groups in total. The lowest BCUT2D eigenvalue weighted by atomic mass is 10.3. The number of benzene rings is 1. The predicted molar refractivity (Wildman–Crippen MR) is 66.2 cm³/mol. The number of halogens is 2. The first-order valence-electron chi connectivity index (χ1n) is 5.54. The number of aliphatic hydroxyl groups excluding tert-OH is 1. The van der Waals surface area contributed by atoms with Gasteiger partial charge in [-0.05, 0) is 37.1 Å². The van der Waals surface area contributed by atoms with E-state index in [0.29, 0.717) is 18.3 Å². The quantitative estimate of drug-likeness (QED) is 0.820. The Bertz CT molecular complexity index is 330. The molecule has 1 atom stereocenters. The second-order valence-electron chi connectivity index (χ2n) is 4.10. The Balaban J connectivity index is 0.00000144. The highest BCUT2D eigenvalue weighted by molar-refractivity contribution is 5.85. The Labute approximate surface area is 106 Å². The molecule has 1 fully saturated rings. The van der Waals surface area contributed by atoms with Crippen molar-refractivity contribution in [1.29, 1.82) is 0 Å². The van der Waals surface area contributed by atoms with Crippen LogP contribution in [0.15, 0.2) is 24.3 Å². The van der Waals surface area contributed by atoms with Crippen LogP contribution in [0.2, 0.25) is 0 Å². The third kappa shape index (κ3) is 5.35. The van der Waals surface area contributed by atoms with Crippen molar-refractivity contribution in [3.05, 3.63) is 30.1 Å².